The normalized spacial score (nSPS) is 24.2. The highest BCUT2D eigenvalue weighted by atomic mass is 79.9. The minimum Gasteiger partial charge on any atom is -0.348 e. The van der Waals surface area contributed by atoms with Crippen molar-refractivity contribution in [3.63, 3.8) is 0 Å². The van der Waals surface area contributed by atoms with Crippen LogP contribution in [0.25, 0.3) is 10.9 Å². The summed E-state index contributed by atoms with van der Waals surface area (Å²) in [6.45, 7) is 3.95. The summed E-state index contributed by atoms with van der Waals surface area (Å²) < 4.78 is 36.5. The van der Waals surface area contributed by atoms with Gasteiger partial charge in [0.25, 0.3) is 10.0 Å². The Morgan fingerprint density at radius 3 is 2.40 bits per heavy atom. The molecule has 0 N–H and O–H groups in total. The van der Waals surface area contributed by atoms with E-state index in [0.29, 0.717) is 15.8 Å². The van der Waals surface area contributed by atoms with Gasteiger partial charge in [-0.3, -0.25) is 0 Å². The summed E-state index contributed by atoms with van der Waals surface area (Å²) in [6, 6.07) is 18.1. The maximum atomic E-state index is 13.9. The minimum absolute atomic E-state index is 0.246. The number of ether oxygens (including phenoxy) is 1. The first-order chi connectivity index (χ1) is 14.3. The predicted octanol–water partition coefficient (Wildman–Crippen LogP) is 4.91. The highest BCUT2D eigenvalue weighted by Crippen LogP contribution is 2.64. The number of aromatic nitrogens is 2. The average molecular weight is 481 g/mol. The standard InChI is InChI=1S/C23H17BrN2O3S/c1-22-16-12-13-25-21(24)19(16)23(2,29-22)20-18(22)15-10-6-7-11-17(15)26(20)30(27,28)14-8-4-3-5-9-14/h3-13H,1-2H3/t22-,23+/m1/s1. The molecule has 5 nitrogen and oxygen atoms in total. The van der Waals surface area contributed by atoms with Gasteiger partial charge in [0, 0.05) is 22.7 Å². The van der Waals surface area contributed by atoms with Crippen LogP contribution in [0.5, 0.6) is 0 Å². The molecule has 0 saturated heterocycles. The number of hydrogen-bond donors (Lipinski definition) is 0. The monoisotopic (exact) mass is 480 g/mol. The van der Waals surface area contributed by atoms with E-state index in [1.807, 2.05) is 50.2 Å². The van der Waals surface area contributed by atoms with Crippen LogP contribution >= 0.6 is 15.9 Å². The second-order valence-corrected chi connectivity index (χ2v) is 10.6. The highest BCUT2D eigenvalue weighted by Gasteiger charge is 2.63. The third kappa shape index (κ3) is 1.96. The molecule has 0 saturated carbocycles. The molecule has 30 heavy (non-hydrogen) atoms. The van der Waals surface area contributed by atoms with Gasteiger partial charge < -0.3 is 4.74 Å². The van der Waals surface area contributed by atoms with E-state index in [4.69, 9.17) is 4.74 Å². The van der Waals surface area contributed by atoms with E-state index in [0.717, 1.165) is 22.1 Å². The van der Waals surface area contributed by atoms with Crippen molar-refractivity contribution in [2.24, 2.45) is 0 Å². The van der Waals surface area contributed by atoms with Crippen molar-refractivity contribution in [2.45, 2.75) is 29.9 Å². The van der Waals surface area contributed by atoms with Gasteiger partial charge in [-0.05, 0) is 59.6 Å². The Morgan fingerprint density at radius 2 is 1.63 bits per heavy atom. The molecule has 2 aliphatic heterocycles. The summed E-state index contributed by atoms with van der Waals surface area (Å²) in [4.78, 5) is 4.65. The molecule has 2 aromatic carbocycles. The van der Waals surface area contributed by atoms with Crippen molar-refractivity contribution in [3.05, 3.63) is 93.8 Å². The van der Waals surface area contributed by atoms with E-state index in [1.165, 1.54) is 3.97 Å². The molecule has 150 valence electrons. The molecule has 4 heterocycles. The highest BCUT2D eigenvalue weighted by molar-refractivity contribution is 9.10. The van der Waals surface area contributed by atoms with Gasteiger partial charge in [0.2, 0.25) is 0 Å². The fourth-order valence-electron chi connectivity index (χ4n) is 5.23. The van der Waals surface area contributed by atoms with Crippen LogP contribution in [0.2, 0.25) is 0 Å². The molecule has 0 spiro atoms. The number of para-hydroxylation sites is 1. The first-order valence-corrected chi connectivity index (χ1v) is 11.8. The lowest BCUT2D eigenvalue weighted by Gasteiger charge is -2.26. The van der Waals surface area contributed by atoms with Crippen LogP contribution in [0.4, 0.5) is 0 Å². The molecular weight excluding hydrogens is 464 g/mol. The van der Waals surface area contributed by atoms with Gasteiger partial charge in [0.1, 0.15) is 15.8 Å². The van der Waals surface area contributed by atoms with E-state index >= 15 is 0 Å². The van der Waals surface area contributed by atoms with Crippen LogP contribution in [0.1, 0.15) is 36.2 Å². The summed E-state index contributed by atoms with van der Waals surface area (Å²) in [5, 5.41) is 0.886. The number of benzene rings is 2. The summed E-state index contributed by atoms with van der Waals surface area (Å²) in [6.07, 6.45) is 1.75. The zero-order valence-corrected chi connectivity index (χ0v) is 18.7. The van der Waals surface area contributed by atoms with E-state index in [-0.39, 0.29) is 4.90 Å². The van der Waals surface area contributed by atoms with Crippen molar-refractivity contribution in [1.82, 2.24) is 8.96 Å². The Bertz CT molecular complexity index is 1480. The first-order valence-electron chi connectivity index (χ1n) is 9.61. The lowest BCUT2D eigenvalue weighted by molar-refractivity contribution is -0.0532. The number of hydrogen-bond acceptors (Lipinski definition) is 4. The quantitative estimate of drug-likeness (QED) is 0.382. The number of rotatable bonds is 2. The lowest BCUT2D eigenvalue weighted by atomic mass is 9.77. The van der Waals surface area contributed by atoms with Crippen LogP contribution in [-0.2, 0) is 26.0 Å². The third-order valence-corrected chi connectivity index (χ3v) is 8.68. The summed E-state index contributed by atoms with van der Waals surface area (Å²) in [7, 11) is -3.85. The Morgan fingerprint density at radius 1 is 0.933 bits per heavy atom. The number of pyridine rings is 1. The van der Waals surface area contributed by atoms with E-state index in [1.54, 1.807) is 30.5 Å². The first kappa shape index (κ1) is 18.3. The van der Waals surface area contributed by atoms with Crippen molar-refractivity contribution in [1.29, 1.82) is 0 Å². The van der Waals surface area contributed by atoms with Gasteiger partial charge in [-0.25, -0.2) is 17.4 Å². The maximum Gasteiger partial charge on any atom is 0.268 e. The van der Waals surface area contributed by atoms with Gasteiger partial charge in [-0.2, -0.15) is 0 Å². The van der Waals surface area contributed by atoms with E-state index in [2.05, 4.69) is 20.9 Å². The fourth-order valence-corrected chi connectivity index (χ4v) is 7.57. The Balaban J connectivity index is 1.80. The zero-order chi connectivity index (χ0) is 20.9. The molecule has 2 aromatic heterocycles. The number of halogens is 1. The van der Waals surface area contributed by atoms with Crippen molar-refractivity contribution >= 4 is 36.9 Å². The Labute approximate surface area is 182 Å². The lowest BCUT2D eigenvalue weighted by Crippen LogP contribution is -2.28. The van der Waals surface area contributed by atoms with Crippen LogP contribution < -0.4 is 0 Å². The number of nitrogens with zero attached hydrogens (tertiary/aromatic N) is 2. The zero-order valence-electron chi connectivity index (χ0n) is 16.3. The molecule has 0 fully saturated rings. The van der Waals surface area contributed by atoms with Crippen LogP contribution in [0.3, 0.4) is 0 Å². The second kappa shape index (κ2) is 5.60. The van der Waals surface area contributed by atoms with Crippen LogP contribution in [0.15, 0.2) is 76.4 Å². The van der Waals surface area contributed by atoms with Gasteiger partial charge in [-0.1, -0.05) is 36.4 Å². The van der Waals surface area contributed by atoms with Crippen molar-refractivity contribution in [3.8, 4) is 0 Å². The molecular formula is C23H17BrN2O3S. The average Bonchev–Trinajstić information content (AvgIpc) is 3.30. The van der Waals surface area contributed by atoms with E-state index < -0.39 is 21.2 Å². The van der Waals surface area contributed by atoms with Crippen molar-refractivity contribution in [2.75, 3.05) is 0 Å². The van der Waals surface area contributed by atoms with E-state index in [9.17, 15) is 8.42 Å². The molecule has 6 rings (SSSR count). The third-order valence-electron chi connectivity index (χ3n) is 6.35. The largest absolute Gasteiger partial charge is 0.348 e. The van der Waals surface area contributed by atoms with Gasteiger partial charge >= 0.3 is 0 Å². The smallest absolute Gasteiger partial charge is 0.268 e. The van der Waals surface area contributed by atoms with Gasteiger partial charge in [0.15, 0.2) is 0 Å². The molecule has 0 aliphatic carbocycles. The molecule has 7 heteroatoms. The minimum atomic E-state index is -3.85. The Kier molecular flexibility index (Phi) is 3.42. The Hall–Kier alpha value is -2.48. The molecule has 0 radical (unpaired) electrons. The molecule has 2 bridgehead atoms. The maximum absolute atomic E-state index is 13.9. The molecule has 4 aromatic rings. The predicted molar refractivity (Wildman–Crippen MR) is 117 cm³/mol. The summed E-state index contributed by atoms with van der Waals surface area (Å²) >= 11 is 3.57. The molecule has 0 amide bonds. The van der Waals surface area contributed by atoms with Gasteiger partial charge in [0.05, 0.1) is 16.1 Å². The van der Waals surface area contributed by atoms with Crippen molar-refractivity contribution < 1.29 is 13.2 Å². The molecule has 2 atom stereocenters. The topological polar surface area (TPSA) is 61.2 Å². The van der Waals surface area contributed by atoms with Crippen LogP contribution in [0, 0.1) is 0 Å². The van der Waals surface area contributed by atoms with Gasteiger partial charge in [-0.15, -0.1) is 0 Å². The molecule has 2 aliphatic rings. The second-order valence-electron chi connectivity index (χ2n) is 8.02. The number of fused-ring (bicyclic) bond motifs is 10. The molecule has 0 unspecified atom stereocenters. The summed E-state index contributed by atoms with van der Waals surface area (Å²) in [5.41, 5.74) is 2.40. The fraction of sp³-hybridized carbons (Fsp3) is 0.174. The van der Waals surface area contributed by atoms with Crippen LogP contribution in [-0.4, -0.2) is 17.4 Å². The SMILES string of the molecule is C[C@]12O[C@](C)(c3ccnc(Br)c31)c1c2n(S(=O)(=O)c2ccccc2)c2ccccc12. The summed E-state index contributed by atoms with van der Waals surface area (Å²) in [5.74, 6) is 0.